The van der Waals surface area contributed by atoms with Gasteiger partial charge in [0.1, 0.15) is 6.54 Å². The van der Waals surface area contributed by atoms with Crippen molar-refractivity contribution < 1.29 is 14.7 Å². The Morgan fingerprint density at radius 2 is 1.66 bits per heavy atom. The average Bonchev–Trinajstić information content (AvgIpc) is 3.63. The van der Waals surface area contributed by atoms with Gasteiger partial charge in [-0.3, -0.25) is 9.69 Å². The van der Waals surface area contributed by atoms with Crippen molar-refractivity contribution in [2.75, 3.05) is 46.8 Å². The molecule has 0 bridgehead atoms. The molecule has 0 atom stereocenters. The van der Waals surface area contributed by atoms with Crippen LogP contribution in [-0.2, 0) is 10.3 Å². The van der Waals surface area contributed by atoms with Crippen LogP contribution in [0.5, 0.6) is 0 Å². The lowest BCUT2D eigenvalue weighted by molar-refractivity contribution is -0.135. The zero-order valence-corrected chi connectivity index (χ0v) is 21.7. The number of aliphatic hydroxyl groups is 1. The van der Waals surface area contributed by atoms with Gasteiger partial charge in [-0.1, -0.05) is 30.3 Å². The Labute approximate surface area is 210 Å². The lowest BCUT2D eigenvalue weighted by Gasteiger charge is -2.51. The molecule has 1 aromatic rings. The fraction of sp³-hybridized carbons (Fsp3) is 0.714. The second-order valence-corrected chi connectivity index (χ2v) is 12.1. The predicted octanol–water partition coefficient (Wildman–Crippen LogP) is 3.28. The van der Waals surface area contributed by atoms with E-state index in [4.69, 9.17) is 0 Å². The van der Waals surface area contributed by atoms with Gasteiger partial charge in [0, 0.05) is 31.7 Å². The van der Waals surface area contributed by atoms with E-state index in [-0.39, 0.29) is 29.6 Å². The number of carbonyl (C=O) groups excluding carboxylic acids is 2. The van der Waals surface area contributed by atoms with Crippen molar-refractivity contribution >= 4 is 11.9 Å². The number of amides is 3. The maximum Gasteiger partial charge on any atom is 0.321 e. The van der Waals surface area contributed by atoms with E-state index in [1.165, 1.54) is 18.4 Å². The van der Waals surface area contributed by atoms with E-state index in [0.29, 0.717) is 38.4 Å². The van der Waals surface area contributed by atoms with Crippen molar-refractivity contribution in [1.82, 2.24) is 19.6 Å². The topological polar surface area (TPSA) is 67.3 Å². The molecular weight excluding hydrogens is 440 g/mol. The van der Waals surface area contributed by atoms with Gasteiger partial charge in [-0.15, -0.1) is 0 Å². The van der Waals surface area contributed by atoms with Crippen molar-refractivity contribution in [2.24, 2.45) is 5.92 Å². The molecule has 2 saturated heterocycles. The molecule has 192 valence electrons. The molecule has 1 aromatic carbocycles. The molecule has 1 N–H and O–H groups in total. The average molecular weight is 483 g/mol. The van der Waals surface area contributed by atoms with Crippen LogP contribution in [0.4, 0.5) is 4.79 Å². The molecule has 0 unspecified atom stereocenters. The second kappa shape index (κ2) is 9.07. The summed E-state index contributed by atoms with van der Waals surface area (Å²) in [5, 5.41) is 10.2. The van der Waals surface area contributed by atoms with Crippen molar-refractivity contribution in [3.63, 3.8) is 0 Å². The maximum absolute atomic E-state index is 13.7. The number of piperidine rings is 1. The van der Waals surface area contributed by atoms with Gasteiger partial charge >= 0.3 is 6.03 Å². The summed E-state index contributed by atoms with van der Waals surface area (Å²) in [7, 11) is 4.35. The number of urea groups is 1. The summed E-state index contributed by atoms with van der Waals surface area (Å²) in [6.07, 6.45) is 7.51. The van der Waals surface area contributed by atoms with Crippen LogP contribution < -0.4 is 0 Å². The number of benzene rings is 1. The normalized spacial score (nSPS) is 31.0. The summed E-state index contributed by atoms with van der Waals surface area (Å²) in [5.41, 5.74) is 0.464. The van der Waals surface area contributed by atoms with E-state index >= 15 is 0 Å². The first-order chi connectivity index (χ1) is 16.6. The van der Waals surface area contributed by atoms with E-state index in [1.54, 1.807) is 0 Å². The third kappa shape index (κ3) is 4.69. The molecule has 5 rings (SSSR count). The van der Waals surface area contributed by atoms with Crippen LogP contribution in [0.15, 0.2) is 30.3 Å². The van der Waals surface area contributed by atoms with Gasteiger partial charge in [0.25, 0.3) is 0 Å². The molecule has 2 aliphatic carbocycles. The highest BCUT2D eigenvalue weighted by atomic mass is 16.3. The quantitative estimate of drug-likeness (QED) is 0.676. The molecule has 35 heavy (non-hydrogen) atoms. The molecule has 0 radical (unpaired) electrons. The third-order valence-corrected chi connectivity index (χ3v) is 9.39. The zero-order valence-electron chi connectivity index (χ0n) is 21.7. The SMILES string of the molecule is CN(C)[C@]1(c2ccccc2)CC[C@@]2(CC1)CN(CC(=O)N1CCC(C)(O)CC1)C(=O)N2CC1CC1. The Hall–Kier alpha value is -2.12. The number of rotatable bonds is 6. The fourth-order valence-electron chi connectivity index (χ4n) is 6.64. The first kappa shape index (κ1) is 24.6. The van der Waals surface area contributed by atoms with E-state index in [1.807, 2.05) is 16.7 Å². The van der Waals surface area contributed by atoms with Crippen LogP contribution in [0.3, 0.4) is 0 Å². The van der Waals surface area contributed by atoms with Crippen molar-refractivity contribution in [1.29, 1.82) is 0 Å². The van der Waals surface area contributed by atoms with Crippen LogP contribution in [0.2, 0.25) is 0 Å². The minimum atomic E-state index is -0.689. The fourth-order valence-corrected chi connectivity index (χ4v) is 6.64. The molecule has 4 fully saturated rings. The van der Waals surface area contributed by atoms with Gasteiger partial charge in [0.05, 0.1) is 11.1 Å². The van der Waals surface area contributed by atoms with Crippen LogP contribution >= 0.6 is 0 Å². The van der Waals surface area contributed by atoms with Crippen molar-refractivity contribution in [3.05, 3.63) is 35.9 Å². The lowest BCUT2D eigenvalue weighted by atomic mass is 9.68. The van der Waals surface area contributed by atoms with Crippen LogP contribution in [0, 0.1) is 5.92 Å². The van der Waals surface area contributed by atoms with Crippen LogP contribution in [0.1, 0.15) is 63.9 Å². The number of hydrogen-bond acceptors (Lipinski definition) is 4. The smallest absolute Gasteiger partial charge is 0.321 e. The molecule has 7 nitrogen and oxygen atoms in total. The summed E-state index contributed by atoms with van der Waals surface area (Å²) in [5.74, 6) is 0.630. The van der Waals surface area contributed by atoms with Gasteiger partial charge < -0.3 is 19.8 Å². The zero-order chi connectivity index (χ0) is 24.8. The van der Waals surface area contributed by atoms with Crippen molar-refractivity contribution in [2.45, 2.75) is 75.0 Å². The van der Waals surface area contributed by atoms with E-state index in [9.17, 15) is 14.7 Å². The molecule has 3 amide bonds. The maximum atomic E-state index is 13.7. The van der Waals surface area contributed by atoms with Gasteiger partial charge in [0.2, 0.25) is 5.91 Å². The van der Waals surface area contributed by atoms with Gasteiger partial charge in [0.15, 0.2) is 0 Å². The molecule has 2 heterocycles. The van der Waals surface area contributed by atoms with E-state index in [2.05, 4.69) is 54.2 Å². The highest BCUT2D eigenvalue weighted by Gasteiger charge is 2.55. The van der Waals surface area contributed by atoms with Crippen molar-refractivity contribution in [3.8, 4) is 0 Å². The van der Waals surface area contributed by atoms with Gasteiger partial charge in [-0.05, 0) is 83.9 Å². The molecule has 4 aliphatic rings. The van der Waals surface area contributed by atoms with Gasteiger partial charge in [-0.25, -0.2) is 4.79 Å². The molecule has 0 aromatic heterocycles. The summed E-state index contributed by atoms with van der Waals surface area (Å²) in [6.45, 7) is 4.59. The number of likely N-dealkylation sites (tertiary alicyclic amines) is 1. The number of hydrogen-bond donors (Lipinski definition) is 1. The predicted molar refractivity (Wildman–Crippen MR) is 136 cm³/mol. The molecule has 7 heteroatoms. The summed E-state index contributed by atoms with van der Waals surface area (Å²) >= 11 is 0. The Morgan fingerprint density at radius 1 is 1.03 bits per heavy atom. The molecule has 2 saturated carbocycles. The number of nitrogens with zero attached hydrogens (tertiary/aromatic N) is 4. The largest absolute Gasteiger partial charge is 0.390 e. The highest BCUT2D eigenvalue weighted by Crippen LogP contribution is 2.49. The molecular formula is C28H42N4O3. The van der Waals surface area contributed by atoms with E-state index in [0.717, 1.165) is 32.2 Å². The standard InChI is InChI=1S/C28H42N4O3/c1-26(35)15-17-30(18-16-26)24(33)20-31-21-27(32(25(31)34)19-22-9-10-22)11-13-28(14-12-27,29(2)3)23-7-5-4-6-8-23/h4-8,22,35H,9-21H2,1-3H3/t27-,28-. The first-order valence-corrected chi connectivity index (χ1v) is 13.4. The Balaban J connectivity index is 1.32. The van der Waals surface area contributed by atoms with Gasteiger partial charge in [-0.2, -0.15) is 0 Å². The molecule has 2 aliphatic heterocycles. The Morgan fingerprint density at radius 3 is 2.23 bits per heavy atom. The van der Waals surface area contributed by atoms with Crippen LogP contribution in [-0.4, -0.2) is 94.6 Å². The van der Waals surface area contributed by atoms with E-state index < -0.39 is 5.60 Å². The molecule has 1 spiro atoms. The summed E-state index contributed by atoms with van der Waals surface area (Å²) < 4.78 is 0. The summed E-state index contributed by atoms with van der Waals surface area (Å²) in [6, 6.07) is 10.8. The highest BCUT2D eigenvalue weighted by molar-refractivity contribution is 5.86. The minimum Gasteiger partial charge on any atom is -0.390 e. The lowest BCUT2D eigenvalue weighted by Crippen LogP contribution is -2.55. The number of carbonyl (C=O) groups is 2. The minimum absolute atomic E-state index is 0.0139. The summed E-state index contributed by atoms with van der Waals surface area (Å²) in [4.78, 5) is 35.0. The van der Waals surface area contributed by atoms with Crippen LogP contribution in [0.25, 0.3) is 0 Å². The Bertz CT molecular complexity index is 925. The first-order valence-electron chi connectivity index (χ1n) is 13.4. The second-order valence-electron chi connectivity index (χ2n) is 12.1. The Kier molecular flexibility index (Phi) is 6.37. The third-order valence-electron chi connectivity index (χ3n) is 9.39. The monoisotopic (exact) mass is 482 g/mol.